The zero-order valence-corrected chi connectivity index (χ0v) is 7.70. The zero-order valence-electron chi connectivity index (χ0n) is 7.70. The Morgan fingerprint density at radius 3 is 1.60 bits per heavy atom. The van der Waals surface area contributed by atoms with Crippen molar-refractivity contribution in [2.24, 2.45) is 5.92 Å². The second-order valence-corrected chi connectivity index (χ2v) is 2.89. The maximum Gasteiger partial charge on any atom is 0.409 e. The molecule has 0 saturated heterocycles. The van der Waals surface area contributed by atoms with Crippen molar-refractivity contribution in [2.45, 2.75) is 12.4 Å². The van der Waals surface area contributed by atoms with Crippen LogP contribution in [0.25, 0.3) is 0 Å². The Bertz CT molecular complexity index is 219. The number of hydrogen-bond donors (Lipinski definition) is 1. The molecule has 0 heterocycles. The van der Waals surface area contributed by atoms with Gasteiger partial charge in [0, 0.05) is 14.1 Å². The van der Waals surface area contributed by atoms with E-state index in [4.69, 9.17) is 0 Å². The van der Waals surface area contributed by atoms with Gasteiger partial charge in [-0.1, -0.05) is 0 Å². The van der Waals surface area contributed by atoms with Crippen molar-refractivity contribution in [1.82, 2.24) is 10.4 Å². The number of halogens is 6. The summed E-state index contributed by atoms with van der Waals surface area (Å²) in [5.74, 6) is -6.16. The minimum Gasteiger partial charge on any atom is -0.289 e. The first-order valence-electron chi connectivity index (χ1n) is 3.57. The molecule has 15 heavy (non-hydrogen) atoms. The Morgan fingerprint density at radius 1 is 1.07 bits per heavy atom. The molecule has 9 heteroatoms. The number of amides is 1. The predicted octanol–water partition coefficient (Wildman–Crippen LogP) is 1.32. The molecular formula is C6H8F6N2O. The van der Waals surface area contributed by atoms with Crippen molar-refractivity contribution in [3.05, 3.63) is 0 Å². The molecule has 0 aromatic carbocycles. The Morgan fingerprint density at radius 2 is 1.40 bits per heavy atom. The summed E-state index contributed by atoms with van der Waals surface area (Å²) in [6.45, 7) is 0. The maximum atomic E-state index is 11.9. The fourth-order valence-electron chi connectivity index (χ4n) is 0.768. The van der Waals surface area contributed by atoms with Crippen molar-refractivity contribution < 1.29 is 31.1 Å². The average molecular weight is 238 g/mol. The summed E-state index contributed by atoms with van der Waals surface area (Å²) in [5.41, 5.74) is 1.41. The quantitative estimate of drug-likeness (QED) is 0.581. The number of carbonyl (C=O) groups is 1. The first-order valence-corrected chi connectivity index (χ1v) is 3.57. The largest absolute Gasteiger partial charge is 0.409 e. The number of hydrazine groups is 1. The molecule has 0 aliphatic rings. The molecule has 0 aliphatic carbocycles. The van der Waals surface area contributed by atoms with Crippen LogP contribution in [0, 0.1) is 5.92 Å². The topological polar surface area (TPSA) is 32.3 Å². The van der Waals surface area contributed by atoms with Gasteiger partial charge in [0.1, 0.15) is 0 Å². The Labute approximate surface area is 81.0 Å². The summed E-state index contributed by atoms with van der Waals surface area (Å²) in [6.07, 6.45) is -11.3. The molecule has 0 aromatic rings. The van der Waals surface area contributed by atoms with E-state index in [1.54, 1.807) is 0 Å². The highest BCUT2D eigenvalue weighted by Crippen LogP contribution is 2.39. The third-order valence-corrected chi connectivity index (χ3v) is 1.25. The van der Waals surface area contributed by atoms with Crippen molar-refractivity contribution in [3.63, 3.8) is 0 Å². The van der Waals surface area contributed by atoms with Gasteiger partial charge in [0.25, 0.3) is 5.91 Å². The average Bonchev–Trinajstić information content (AvgIpc) is 1.74. The highest BCUT2D eigenvalue weighted by molar-refractivity contribution is 5.79. The lowest BCUT2D eigenvalue weighted by Crippen LogP contribution is -2.51. The summed E-state index contributed by atoms with van der Waals surface area (Å²) in [4.78, 5) is 10.7. The van der Waals surface area contributed by atoms with Crippen LogP contribution in [-0.2, 0) is 4.79 Å². The fraction of sp³-hybridized carbons (Fsp3) is 0.833. The van der Waals surface area contributed by atoms with E-state index in [0.717, 1.165) is 14.1 Å². The molecule has 0 atom stereocenters. The van der Waals surface area contributed by atoms with E-state index < -0.39 is 24.2 Å². The second-order valence-electron chi connectivity index (χ2n) is 2.89. The van der Waals surface area contributed by atoms with E-state index in [9.17, 15) is 31.1 Å². The highest BCUT2D eigenvalue weighted by Gasteiger charge is 2.61. The lowest BCUT2D eigenvalue weighted by Gasteiger charge is -2.23. The van der Waals surface area contributed by atoms with E-state index >= 15 is 0 Å². The molecule has 0 radical (unpaired) electrons. The minimum absolute atomic E-state index is 0.701. The molecule has 0 unspecified atom stereocenters. The summed E-state index contributed by atoms with van der Waals surface area (Å²) < 4.78 is 71.5. The van der Waals surface area contributed by atoms with Crippen LogP contribution in [0.4, 0.5) is 26.3 Å². The molecule has 1 amide bonds. The molecule has 0 saturated carbocycles. The Hall–Kier alpha value is -0.990. The molecule has 0 aliphatic heterocycles. The lowest BCUT2D eigenvalue weighted by atomic mass is 10.1. The Balaban J connectivity index is 4.90. The number of carbonyl (C=O) groups excluding carboxylic acids is 1. The second kappa shape index (κ2) is 4.25. The van der Waals surface area contributed by atoms with Crippen LogP contribution in [-0.4, -0.2) is 37.4 Å². The summed E-state index contributed by atoms with van der Waals surface area (Å²) in [7, 11) is 2.20. The van der Waals surface area contributed by atoms with Gasteiger partial charge in [-0.25, -0.2) is 5.01 Å². The first-order chi connectivity index (χ1) is 6.46. The molecule has 90 valence electrons. The molecule has 0 spiro atoms. The molecule has 0 bridgehead atoms. The third-order valence-electron chi connectivity index (χ3n) is 1.25. The van der Waals surface area contributed by atoms with Gasteiger partial charge in [-0.15, -0.1) is 0 Å². The van der Waals surface area contributed by atoms with Gasteiger partial charge in [0.2, 0.25) is 5.92 Å². The van der Waals surface area contributed by atoms with Gasteiger partial charge in [-0.05, 0) is 0 Å². The van der Waals surface area contributed by atoms with E-state index in [-0.39, 0.29) is 0 Å². The maximum absolute atomic E-state index is 11.9. The molecule has 3 nitrogen and oxygen atoms in total. The lowest BCUT2D eigenvalue weighted by molar-refractivity contribution is -0.275. The van der Waals surface area contributed by atoms with Crippen molar-refractivity contribution in [3.8, 4) is 0 Å². The summed E-state index contributed by atoms with van der Waals surface area (Å²) in [5, 5.41) is 0.701. The van der Waals surface area contributed by atoms with Crippen LogP contribution < -0.4 is 5.43 Å². The Kier molecular flexibility index (Phi) is 3.97. The van der Waals surface area contributed by atoms with E-state index in [1.807, 2.05) is 0 Å². The van der Waals surface area contributed by atoms with Gasteiger partial charge in [0.15, 0.2) is 0 Å². The number of nitrogens with zero attached hydrogens (tertiary/aromatic N) is 1. The highest BCUT2D eigenvalue weighted by atomic mass is 19.4. The van der Waals surface area contributed by atoms with Crippen molar-refractivity contribution in [2.75, 3.05) is 14.1 Å². The van der Waals surface area contributed by atoms with Crippen LogP contribution in [0.5, 0.6) is 0 Å². The van der Waals surface area contributed by atoms with Gasteiger partial charge in [-0.2, -0.15) is 26.3 Å². The fourth-order valence-corrected chi connectivity index (χ4v) is 0.768. The van der Waals surface area contributed by atoms with Gasteiger partial charge >= 0.3 is 12.4 Å². The minimum atomic E-state index is -5.65. The van der Waals surface area contributed by atoms with Gasteiger partial charge in [-0.3, -0.25) is 10.2 Å². The first kappa shape index (κ1) is 14.0. The zero-order chi connectivity index (χ0) is 12.4. The SMILES string of the molecule is CN(C)NC(=O)C(C(F)(F)F)C(F)(F)F. The molecule has 1 N–H and O–H groups in total. The molecule has 0 aromatic heterocycles. The van der Waals surface area contributed by atoms with Crippen molar-refractivity contribution >= 4 is 5.91 Å². The van der Waals surface area contributed by atoms with Crippen molar-refractivity contribution in [1.29, 1.82) is 0 Å². The number of alkyl halides is 6. The normalized spacial score (nSPS) is 13.5. The van der Waals surface area contributed by atoms with Crippen LogP contribution >= 0.6 is 0 Å². The number of nitrogens with one attached hydrogen (secondary N) is 1. The van der Waals surface area contributed by atoms with Crippen LogP contribution in [0.15, 0.2) is 0 Å². The van der Waals surface area contributed by atoms with Crippen LogP contribution in [0.1, 0.15) is 0 Å². The smallest absolute Gasteiger partial charge is 0.289 e. The summed E-state index contributed by atoms with van der Waals surface area (Å²) >= 11 is 0. The molecule has 0 fully saturated rings. The molecular weight excluding hydrogens is 230 g/mol. The number of rotatable bonds is 2. The van der Waals surface area contributed by atoms with E-state index in [1.165, 1.54) is 5.43 Å². The summed E-state index contributed by atoms with van der Waals surface area (Å²) in [6, 6.07) is 0. The monoisotopic (exact) mass is 238 g/mol. The van der Waals surface area contributed by atoms with E-state index in [0.29, 0.717) is 5.01 Å². The predicted molar refractivity (Wildman–Crippen MR) is 37.4 cm³/mol. The van der Waals surface area contributed by atoms with Crippen LogP contribution in [0.3, 0.4) is 0 Å². The third kappa shape index (κ3) is 4.36. The molecule has 0 rings (SSSR count). The van der Waals surface area contributed by atoms with Gasteiger partial charge < -0.3 is 0 Å². The standard InChI is InChI=1S/C6H8F6N2O/c1-14(2)13-4(15)3(5(7,8)9)6(10,11)12/h3H,1-2H3,(H,13,15). The van der Waals surface area contributed by atoms with Gasteiger partial charge in [0.05, 0.1) is 0 Å². The van der Waals surface area contributed by atoms with Crippen LogP contribution in [0.2, 0.25) is 0 Å². The number of hydrogen-bond acceptors (Lipinski definition) is 2. The van der Waals surface area contributed by atoms with E-state index in [2.05, 4.69) is 0 Å².